The second-order valence-corrected chi connectivity index (χ2v) is 20.3. The van der Waals surface area contributed by atoms with E-state index in [-0.39, 0.29) is 5.92 Å². The molecule has 0 fully saturated rings. The molecule has 0 radical (unpaired) electrons. The fourth-order valence-corrected chi connectivity index (χ4v) is 13.4. The van der Waals surface area contributed by atoms with Crippen LogP contribution in [-0.4, -0.2) is 25.1 Å². The molecule has 0 amide bonds. The molecule has 2 aliphatic rings. The highest BCUT2D eigenvalue weighted by atomic mass is 32.1. The van der Waals surface area contributed by atoms with Gasteiger partial charge in [-0.2, -0.15) is 0 Å². The second kappa shape index (κ2) is 13.8. The Morgan fingerprint density at radius 2 is 1.01 bits per heavy atom. The quantitative estimate of drug-likeness (QED) is 0.177. The van der Waals surface area contributed by atoms with Crippen molar-refractivity contribution in [1.82, 2.24) is 19.5 Å². The molecule has 5 nitrogen and oxygen atoms in total. The molecule has 0 spiro atoms. The van der Waals surface area contributed by atoms with Crippen LogP contribution in [0.15, 0.2) is 194 Å². The van der Waals surface area contributed by atoms with E-state index in [0.29, 0.717) is 17.5 Å². The van der Waals surface area contributed by atoms with Crippen LogP contribution >= 0.6 is 22.7 Å². The summed E-state index contributed by atoms with van der Waals surface area (Å²) in [7, 11) is 0. The number of para-hydroxylation sites is 1. The predicted molar refractivity (Wildman–Crippen MR) is 281 cm³/mol. The third kappa shape index (κ3) is 5.50. The van der Waals surface area contributed by atoms with Crippen LogP contribution in [0.25, 0.3) is 118 Å². The zero-order valence-corrected chi connectivity index (χ0v) is 37.7. The van der Waals surface area contributed by atoms with Gasteiger partial charge in [-0.25, -0.2) is 15.0 Å². The van der Waals surface area contributed by atoms with E-state index in [1.807, 2.05) is 0 Å². The maximum atomic E-state index is 7.37. The van der Waals surface area contributed by atoms with Crippen LogP contribution in [0.4, 0.5) is 0 Å². The van der Waals surface area contributed by atoms with Gasteiger partial charge in [-0.15, -0.1) is 22.7 Å². The van der Waals surface area contributed by atoms with Gasteiger partial charge in [0, 0.05) is 84.5 Å². The van der Waals surface area contributed by atoms with Gasteiger partial charge in [-0.1, -0.05) is 140 Å². The SMILES string of the molecule is CC12C=C(n3c4ccccc4c4cc5ccccc5cc43)C=C(c3nc(-c4ccc5c(c4)sc4ccccc45)nc(-c4ccc5c(c4)sc4ccccc45)n3)C1c1ccc3ccccc3c1O2. The summed E-state index contributed by atoms with van der Waals surface area (Å²) in [6.45, 7) is 2.23. The van der Waals surface area contributed by atoms with E-state index in [2.05, 4.69) is 206 Å². The van der Waals surface area contributed by atoms with Crippen molar-refractivity contribution in [3.8, 4) is 28.5 Å². The molecule has 314 valence electrons. The summed E-state index contributed by atoms with van der Waals surface area (Å²) >= 11 is 3.61. The van der Waals surface area contributed by atoms with Crippen LogP contribution in [-0.2, 0) is 0 Å². The highest BCUT2D eigenvalue weighted by Crippen LogP contribution is 2.57. The van der Waals surface area contributed by atoms with Crippen molar-refractivity contribution in [2.24, 2.45) is 0 Å². The fourth-order valence-electron chi connectivity index (χ4n) is 11.1. The number of fused-ring (bicyclic) bond motifs is 15. The van der Waals surface area contributed by atoms with Crippen LogP contribution in [0.1, 0.15) is 24.2 Å². The molecule has 2 atom stereocenters. The van der Waals surface area contributed by atoms with E-state index >= 15 is 0 Å². The summed E-state index contributed by atoms with van der Waals surface area (Å²) < 4.78 is 14.7. The Hall–Kier alpha value is -7.97. The van der Waals surface area contributed by atoms with Gasteiger partial charge in [0.15, 0.2) is 17.5 Å². The Balaban J connectivity index is 1.01. The van der Waals surface area contributed by atoms with E-state index < -0.39 is 5.60 Å². The molecule has 13 aromatic rings. The van der Waals surface area contributed by atoms with Crippen LogP contribution in [0.2, 0.25) is 0 Å². The maximum absolute atomic E-state index is 7.37. The average Bonchev–Trinajstić information content (AvgIpc) is 4.11. The van der Waals surface area contributed by atoms with Crippen LogP contribution in [0, 0.1) is 0 Å². The lowest BCUT2D eigenvalue weighted by Gasteiger charge is -2.34. The number of hydrogen-bond donors (Lipinski definition) is 0. The number of nitrogens with zero attached hydrogens (tertiary/aromatic N) is 4. The number of allylic oxidation sites excluding steroid dienone is 2. The van der Waals surface area contributed by atoms with Gasteiger partial charge in [0.1, 0.15) is 11.4 Å². The van der Waals surface area contributed by atoms with Crippen molar-refractivity contribution in [3.05, 3.63) is 206 Å². The molecule has 9 aromatic carbocycles. The van der Waals surface area contributed by atoms with E-state index in [9.17, 15) is 0 Å². The highest BCUT2D eigenvalue weighted by molar-refractivity contribution is 7.26. The minimum absolute atomic E-state index is 0.219. The molecule has 5 heterocycles. The van der Waals surface area contributed by atoms with Gasteiger partial charge in [0.2, 0.25) is 0 Å². The number of rotatable bonds is 4. The first-order chi connectivity index (χ1) is 33.0. The number of aromatic nitrogens is 4. The molecule has 15 rings (SSSR count). The summed E-state index contributed by atoms with van der Waals surface area (Å²) in [6.07, 6.45) is 4.67. The smallest absolute Gasteiger partial charge is 0.164 e. The zero-order chi connectivity index (χ0) is 44.0. The first-order valence-electron chi connectivity index (χ1n) is 22.7. The van der Waals surface area contributed by atoms with Gasteiger partial charge < -0.3 is 9.30 Å². The highest BCUT2D eigenvalue weighted by Gasteiger charge is 2.49. The van der Waals surface area contributed by atoms with Crippen LogP contribution in [0.5, 0.6) is 5.75 Å². The minimum Gasteiger partial charge on any atom is -0.481 e. The van der Waals surface area contributed by atoms with Crippen molar-refractivity contribution < 1.29 is 4.74 Å². The van der Waals surface area contributed by atoms with Crippen LogP contribution in [0.3, 0.4) is 0 Å². The molecule has 0 saturated carbocycles. The van der Waals surface area contributed by atoms with Crippen molar-refractivity contribution in [2.45, 2.75) is 18.4 Å². The molecular formula is C60H36N4OS2. The summed E-state index contributed by atoms with van der Waals surface area (Å²) in [4.78, 5) is 16.5. The van der Waals surface area contributed by atoms with E-state index in [0.717, 1.165) is 55.5 Å². The fraction of sp³-hybridized carbons (Fsp3) is 0.0500. The van der Waals surface area contributed by atoms with E-state index in [1.165, 1.54) is 61.9 Å². The third-order valence-corrected chi connectivity index (χ3v) is 16.4. The third-order valence-electron chi connectivity index (χ3n) is 14.1. The first-order valence-corrected chi connectivity index (χ1v) is 24.3. The lowest BCUT2D eigenvalue weighted by Crippen LogP contribution is -2.36. The molecule has 4 aromatic heterocycles. The van der Waals surface area contributed by atoms with Crippen molar-refractivity contribution >= 4 is 118 Å². The van der Waals surface area contributed by atoms with Gasteiger partial charge in [-0.3, -0.25) is 0 Å². The largest absolute Gasteiger partial charge is 0.481 e. The molecular weight excluding hydrogens is 857 g/mol. The summed E-state index contributed by atoms with van der Waals surface area (Å²) in [5, 5.41) is 12.1. The molecule has 1 aliphatic carbocycles. The second-order valence-electron chi connectivity index (χ2n) is 18.1. The lowest BCUT2D eigenvalue weighted by molar-refractivity contribution is 0.160. The first kappa shape index (κ1) is 37.3. The van der Waals surface area contributed by atoms with Crippen LogP contribution < -0.4 is 4.74 Å². The Bertz CT molecular complexity index is 4230. The number of benzene rings is 9. The van der Waals surface area contributed by atoms with Crippen molar-refractivity contribution in [2.75, 3.05) is 0 Å². The predicted octanol–water partition coefficient (Wildman–Crippen LogP) is 16.2. The topological polar surface area (TPSA) is 52.8 Å². The molecule has 2 unspecified atom stereocenters. The minimum atomic E-state index is -0.792. The average molecular weight is 893 g/mol. The summed E-state index contributed by atoms with van der Waals surface area (Å²) in [6, 6.07) is 65.6. The number of hydrogen-bond acceptors (Lipinski definition) is 6. The molecule has 7 heteroatoms. The zero-order valence-electron chi connectivity index (χ0n) is 36.1. The van der Waals surface area contributed by atoms with Crippen molar-refractivity contribution in [1.29, 1.82) is 0 Å². The molecule has 0 bridgehead atoms. The Kier molecular flexibility index (Phi) is 7.67. The van der Waals surface area contributed by atoms with E-state index in [1.54, 1.807) is 22.7 Å². The standard InChI is InChI=1S/C60H36N4OS2/c1-60-33-39(64-49-19-9-6-16-41(49)47-28-35-13-2-3-14-36(35)29-50(47)64)32-48(55(60)46-27-22-34-12-4-5-15-40(34)56(46)65-60)59-62-57(37-23-25-44-42-17-7-10-20-51(42)66-53(44)30-37)61-58(63-59)38-24-26-45-43-18-8-11-21-52(43)67-54(45)31-38/h2-33,55H,1H3. The number of ether oxygens (including phenoxy) is 1. The Labute approximate surface area is 392 Å². The Morgan fingerprint density at radius 3 is 1.70 bits per heavy atom. The number of thiophene rings is 2. The van der Waals surface area contributed by atoms with Gasteiger partial charge in [-0.05, 0) is 77.7 Å². The van der Waals surface area contributed by atoms with E-state index in [4.69, 9.17) is 19.7 Å². The van der Waals surface area contributed by atoms with Gasteiger partial charge in [0.25, 0.3) is 0 Å². The Morgan fingerprint density at radius 1 is 0.463 bits per heavy atom. The summed E-state index contributed by atoms with van der Waals surface area (Å²) in [5.74, 6) is 2.58. The lowest BCUT2D eigenvalue weighted by atomic mass is 9.75. The molecule has 0 N–H and O–H groups in total. The monoisotopic (exact) mass is 892 g/mol. The van der Waals surface area contributed by atoms with Crippen molar-refractivity contribution in [3.63, 3.8) is 0 Å². The maximum Gasteiger partial charge on any atom is 0.164 e. The van der Waals surface area contributed by atoms with Gasteiger partial charge >= 0.3 is 0 Å². The molecule has 1 aliphatic heterocycles. The molecule has 67 heavy (non-hydrogen) atoms. The molecule has 0 saturated heterocycles. The summed E-state index contributed by atoms with van der Waals surface area (Å²) in [5.41, 5.74) is 6.48. The normalized spacial score (nSPS) is 16.9. The van der Waals surface area contributed by atoms with Gasteiger partial charge in [0.05, 0.1) is 17.0 Å².